The largest absolute Gasteiger partial charge is 0.299 e. The van der Waals surface area contributed by atoms with E-state index in [4.69, 9.17) is 0 Å². The lowest BCUT2D eigenvalue weighted by Crippen LogP contribution is -2.12. The van der Waals surface area contributed by atoms with Crippen LogP contribution in [0.25, 0.3) is 0 Å². The Morgan fingerprint density at radius 2 is 2.19 bits per heavy atom. The first-order chi connectivity index (χ1) is 7.45. The summed E-state index contributed by atoms with van der Waals surface area (Å²) in [5.41, 5.74) is 1.20. The molecule has 0 atom stereocenters. The zero-order valence-corrected chi connectivity index (χ0v) is 11.1. The van der Waals surface area contributed by atoms with Gasteiger partial charge in [0.1, 0.15) is 10.8 Å². The molecule has 0 N–H and O–H groups in total. The van der Waals surface area contributed by atoms with Crippen LogP contribution in [0.5, 0.6) is 0 Å². The molecule has 1 saturated carbocycles. The van der Waals surface area contributed by atoms with Gasteiger partial charge >= 0.3 is 0 Å². The van der Waals surface area contributed by atoms with Gasteiger partial charge in [0, 0.05) is 17.2 Å². The van der Waals surface area contributed by atoms with Gasteiger partial charge in [-0.05, 0) is 18.8 Å². The minimum absolute atomic E-state index is 0.0916. The Balaban J connectivity index is 1.93. The summed E-state index contributed by atoms with van der Waals surface area (Å²) in [6.45, 7) is 6.45. The minimum Gasteiger partial charge on any atom is -0.299 e. The molecular formula is C13H19NOS. The van der Waals surface area contributed by atoms with E-state index in [-0.39, 0.29) is 5.41 Å². The van der Waals surface area contributed by atoms with Gasteiger partial charge in [0.25, 0.3) is 0 Å². The lowest BCUT2D eigenvalue weighted by atomic mass is 9.93. The molecule has 2 rings (SSSR count). The molecule has 0 radical (unpaired) electrons. The molecule has 3 heteroatoms. The lowest BCUT2D eigenvalue weighted by Gasteiger charge is -2.14. The van der Waals surface area contributed by atoms with Crippen LogP contribution in [-0.2, 0) is 16.6 Å². The Hall–Kier alpha value is -0.700. The number of rotatable bonds is 4. The number of nitrogens with zero attached hydrogens (tertiary/aromatic N) is 1. The molecule has 16 heavy (non-hydrogen) atoms. The number of carbonyl (C=O) groups excluding carboxylic acids is 1. The van der Waals surface area contributed by atoms with E-state index < -0.39 is 0 Å². The van der Waals surface area contributed by atoms with Gasteiger partial charge in [0.05, 0.1) is 12.1 Å². The van der Waals surface area contributed by atoms with Crippen molar-refractivity contribution in [3.63, 3.8) is 0 Å². The van der Waals surface area contributed by atoms with Gasteiger partial charge in [-0.1, -0.05) is 20.8 Å². The monoisotopic (exact) mass is 237 g/mol. The third kappa shape index (κ3) is 3.14. The van der Waals surface area contributed by atoms with Crippen molar-refractivity contribution in [2.75, 3.05) is 0 Å². The van der Waals surface area contributed by atoms with Crippen LogP contribution in [0.15, 0.2) is 5.38 Å². The molecule has 0 spiro atoms. The highest BCUT2D eigenvalue weighted by molar-refractivity contribution is 7.09. The Bertz CT molecular complexity index is 385. The first-order valence-corrected chi connectivity index (χ1v) is 6.79. The fraction of sp³-hybridized carbons (Fsp3) is 0.692. The Labute approximate surface area is 101 Å². The molecule has 88 valence electrons. The quantitative estimate of drug-likeness (QED) is 0.803. The Morgan fingerprint density at radius 3 is 2.69 bits per heavy atom. The number of carbonyl (C=O) groups is 1. The zero-order chi connectivity index (χ0) is 11.8. The van der Waals surface area contributed by atoms with E-state index in [0.717, 1.165) is 17.1 Å². The van der Waals surface area contributed by atoms with Gasteiger partial charge in [-0.15, -0.1) is 11.3 Å². The van der Waals surface area contributed by atoms with Crippen molar-refractivity contribution in [1.29, 1.82) is 0 Å². The van der Waals surface area contributed by atoms with Crippen LogP contribution in [0.4, 0.5) is 0 Å². The third-order valence-corrected chi connectivity index (χ3v) is 3.73. The summed E-state index contributed by atoms with van der Waals surface area (Å²) in [7, 11) is 0. The van der Waals surface area contributed by atoms with Crippen molar-refractivity contribution in [2.24, 2.45) is 5.92 Å². The molecule has 1 fully saturated rings. The summed E-state index contributed by atoms with van der Waals surface area (Å²) in [6.07, 6.45) is 3.80. The maximum absolute atomic E-state index is 11.7. The molecular weight excluding hydrogens is 218 g/mol. The van der Waals surface area contributed by atoms with Crippen molar-refractivity contribution in [1.82, 2.24) is 4.98 Å². The fourth-order valence-electron chi connectivity index (χ4n) is 1.62. The van der Waals surface area contributed by atoms with E-state index in [0.29, 0.717) is 18.1 Å². The van der Waals surface area contributed by atoms with Gasteiger partial charge in [-0.2, -0.15) is 0 Å². The van der Waals surface area contributed by atoms with E-state index in [1.807, 2.05) is 0 Å². The third-order valence-electron chi connectivity index (χ3n) is 2.88. The Kier molecular flexibility index (Phi) is 3.15. The molecule has 1 aromatic heterocycles. The standard InChI is InChI=1S/C13H19NOS/c1-13(2,3)11-8-16-12(14-11)7-10(15)6-9-4-5-9/h8-9H,4-7H2,1-3H3. The molecule has 0 amide bonds. The maximum Gasteiger partial charge on any atom is 0.139 e. The highest BCUT2D eigenvalue weighted by Gasteiger charge is 2.25. The van der Waals surface area contributed by atoms with Crippen LogP contribution in [0.1, 0.15) is 50.7 Å². The normalized spacial score (nSPS) is 16.4. The smallest absolute Gasteiger partial charge is 0.139 e. The lowest BCUT2D eigenvalue weighted by molar-refractivity contribution is -0.118. The second-order valence-corrected chi connectivity index (χ2v) is 6.68. The van der Waals surface area contributed by atoms with Gasteiger partial charge in [0.15, 0.2) is 0 Å². The summed E-state index contributed by atoms with van der Waals surface area (Å²) in [5.74, 6) is 1.05. The van der Waals surface area contributed by atoms with Crippen molar-refractivity contribution < 1.29 is 4.79 Å². The summed E-state index contributed by atoms with van der Waals surface area (Å²) in [4.78, 5) is 16.2. The summed E-state index contributed by atoms with van der Waals surface area (Å²) in [5, 5.41) is 3.07. The second kappa shape index (κ2) is 4.28. The number of aromatic nitrogens is 1. The number of hydrogen-bond acceptors (Lipinski definition) is 3. The molecule has 1 aromatic rings. The highest BCUT2D eigenvalue weighted by Crippen LogP contribution is 2.33. The summed E-state index contributed by atoms with van der Waals surface area (Å²) >= 11 is 1.62. The maximum atomic E-state index is 11.7. The summed E-state index contributed by atoms with van der Waals surface area (Å²) in [6, 6.07) is 0. The van der Waals surface area contributed by atoms with Crippen LogP contribution < -0.4 is 0 Å². The molecule has 0 saturated heterocycles. The predicted octanol–water partition coefficient (Wildman–Crippen LogP) is 3.35. The van der Waals surface area contributed by atoms with Crippen LogP contribution in [-0.4, -0.2) is 10.8 Å². The molecule has 1 aliphatic carbocycles. The van der Waals surface area contributed by atoms with Crippen LogP contribution in [0.2, 0.25) is 0 Å². The van der Waals surface area contributed by atoms with Crippen molar-refractivity contribution in [3.05, 3.63) is 16.1 Å². The van der Waals surface area contributed by atoms with Crippen molar-refractivity contribution in [2.45, 2.75) is 51.9 Å². The van der Waals surface area contributed by atoms with Gasteiger partial charge in [-0.3, -0.25) is 4.79 Å². The topological polar surface area (TPSA) is 30.0 Å². The average Bonchev–Trinajstić information content (AvgIpc) is 2.80. The van der Waals surface area contributed by atoms with Crippen LogP contribution in [0, 0.1) is 5.92 Å². The SMILES string of the molecule is CC(C)(C)c1csc(CC(=O)CC2CC2)n1. The first kappa shape index (κ1) is 11.8. The highest BCUT2D eigenvalue weighted by atomic mass is 32.1. The number of Topliss-reactive ketones (excluding diaryl/α,β-unsaturated/α-hetero) is 1. The molecule has 1 heterocycles. The Morgan fingerprint density at radius 1 is 1.50 bits per heavy atom. The second-order valence-electron chi connectivity index (χ2n) is 5.74. The molecule has 1 aliphatic rings. The van der Waals surface area contributed by atoms with Crippen molar-refractivity contribution >= 4 is 17.1 Å². The van der Waals surface area contributed by atoms with Crippen LogP contribution >= 0.6 is 11.3 Å². The molecule has 0 bridgehead atoms. The van der Waals surface area contributed by atoms with Gasteiger partial charge in [-0.25, -0.2) is 4.98 Å². The van der Waals surface area contributed by atoms with Gasteiger partial charge in [0.2, 0.25) is 0 Å². The van der Waals surface area contributed by atoms with E-state index in [1.165, 1.54) is 12.8 Å². The van der Waals surface area contributed by atoms with E-state index in [9.17, 15) is 4.79 Å². The molecule has 0 aromatic carbocycles. The van der Waals surface area contributed by atoms with E-state index >= 15 is 0 Å². The fourth-order valence-corrected chi connectivity index (χ4v) is 2.67. The van der Waals surface area contributed by atoms with Crippen molar-refractivity contribution in [3.8, 4) is 0 Å². The molecule has 0 unspecified atom stereocenters. The van der Waals surface area contributed by atoms with Crippen LogP contribution in [0.3, 0.4) is 0 Å². The first-order valence-electron chi connectivity index (χ1n) is 5.92. The van der Waals surface area contributed by atoms with E-state index in [1.54, 1.807) is 11.3 Å². The van der Waals surface area contributed by atoms with Gasteiger partial charge < -0.3 is 0 Å². The van der Waals surface area contributed by atoms with E-state index in [2.05, 4.69) is 31.1 Å². The summed E-state index contributed by atoms with van der Waals surface area (Å²) < 4.78 is 0. The zero-order valence-electron chi connectivity index (χ0n) is 10.2. The molecule has 0 aliphatic heterocycles. The average molecular weight is 237 g/mol. The number of hydrogen-bond donors (Lipinski definition) is 0. The number of thiazole rings is 1. The number of ketones is 1. The molecule has 2 nitrogen and oxygen atoms in total. The predicted molar refractivity (Wildman–Crippen MR) is 66.9 cm³/mol. The minimum atomic E-state index is 0.0916.